The van der Waals surface area contributed by atoms with Gasteiger partial charge in [-0.25, -0.2) is 4.98 Å². The third-order valence-electron chi connectivity index (χ3n) is 4.83. The van der Waals surface area contributed by atoms with Crippen molar-refractivity contribution in [2.24, 2.45) is 5.41 Å². The van der Waals surface area contributed by atoms with Gasteiger partial charge in [-0.3, -0.25) is 0 Å². The van der Waals surface area contributed by atoms with Gasteiger partial charge in [0, 0.05) is 18.5 Å². The van der Waals surface area contributed by atoms with Crippen LogP contribution in [0.1, 0.15) is 55.6 Å². The molecule has 114 valence electrons. The quantitative estimate of drug-likeness (QED) is 0.814. The summed E-state index contributed by atoms with van der Waals surface area (Å²) in [5, 5.41) is 5.07. The van der Waals surface area contributed by atoms with Crippen LogP contribution in [0.4, 0.5) is 0 Å². The summed E-state index contributed by atoms with van der Waals surface area (Å²) in [5.74, 6) is 0. The summed E-state index contributed by atoms with van der Waals surface area (Å²) >= 11 is 1.88. The molecule has 1 fully saturated rings. The summed E-state index contributed by atoms with van der Waals surface area (Å²) in [6, 6.07) is 0. The van der Waals surface area contributed by atoms with Gasteiger partial charge < -0.3 is 10.1 Å². The molecule has 3 nitrogen and oxygen atoms in total. The molecule has 1 aliphatic carbocycles. The molecule has 1 aliphatic rings. The van der Waals surface area contributed by atoms with E-state index in [2.05, 4.69) is 33.0 Å². The summed E-state index contributed by atoms with van der Waals surface area (Å²) in [7, 11) is 1.76. The normalized spacial score (nSPS) is 25.2. The van der Waals surface area contributed by atoms with E-state index in [1.165, 1.54) is 34.8 Å². The second kappa shape index (κ2) is 6.12. The fourth-order valence-electron chi connectivity index (χ4n) is 3.45. The molecular weight excluding hydrogens is 268 g/mol. The van der Waals surface area contributed by atoms with E-state index in [9.17, 15) is 0 Å². The van der Waals surface area contributed by atoms with Crippen molar-refractivity contribution in [3.8, 4) is 0 Å². The highest BCUT2D eigenvalue weighted by Gasteiger charge is 2.51. The molecule has 0 bridgehead atoms. The molecule has 1 heterocycles. The zero-order chi connectivity index (χ0) is 14.8. The molecule has 1 atom stereocenters. The van der Waals surface area contributed by atoms with Gasteiger partial charge in [-0.2, -0.15) is 0 Å². The average molecular weight is 296 g/mol. The monoisotopic (exact) mass is 296 g/mol. The number of hydrogen-bond donors (Lipinski definition) is 1. The lowest BCUT2D eigenvalue weighted by Gasteiger charge is -2.41. The van der Waals surface area contributed by atoms with Crippen molar-refractivity contribution >= 4 is 11.3 Å². The molecule has 1 aromatic rings. The Hall–Kier alpha value is -0.450. The van der Waals surface area contributed by atoms with Crippen molar-refractivity contribution in [3.63, 3.8) is 0 Å². The van der Waals surface area contributed by atoms with Crippen LogP contribution in [0, 0.1) is 12.3 Å². The summed E-state index contributed by atoms with van der Waals surface area (Å²) in [4.78, 5) is 6.35. The van der Waals surface area contributed by atoms with E-state index >= 15 is 0 Å². The zero-order valence-electron chi connectivity index (χ0n) is 13.5. The molecule has 0 amide bonds. The number of thiazole rings is 1. The van der Waals surface area contributed by atoms with E-state index < -0.39 is 0 Å². The highest BCUT2D eigenvalue weighted by Crippen LogP contribution is 2.53. The molecule has 4 heteroatoms. The van der Waals surface area contributed by atoms with Gasteiger partial charge in [0.05, 0.1) is 17.8 Å². The second-order valence-corrected chi connectivity index (χ2v) is 7.64. The Balaban J connectivity index is 2.35. The fourth-order valence-corrected chi connectivity index (χ4v) is 4.83. The van der Waals surface area contributed by atoms with Crippen molar-refractivity contribution in [2.45, 2.75) is 58.9 Å². The predicted molar refractivity (Wildman–Crippen MR) is 85.4 cm³/mol. The van der Waals surface area contributed by atoms with Crippen LogP contribution in [0.2, 0.25) is 0 Å². The van der Waals surface area contributed by atoms with Crippen LogP contribution in [0.15, 0.2) is 0 Å². The van der Waals surface area contributed by atoms with Gasteiger partial charge in [0.25, 0.3) is 0 Å². The Labute approximate surface area is 127 Å². The molecular formula is C16H28N2OS. The standard InChI is InChI=1S/C16H28N2OS/c1-6-13-12(2)20-14(18-13)16(17-10-11-19-5)9-7-8-15(16,3)4/h17H,6-11H2,1-5H3. The van der Waals surface area contributed by atoms with E-state index in [4.69, 9.17) is 9.72 Å². The van der Waals surface area contributed by atoms with Gasteiger partial charge in [-0.15, -0.1) is 11.3 Å². The van der Waals surface area contributed by atoms with E-state index in [1.54, 1.807) is 7.11 Å². The minimum atomic E-state index is 0.0222. The molecule has 0 saturated heterocycles. The number of rotatable bonds is 6. The van der Waals surface area contributed by atoms with Gasteiger partial charge in [0.1, 0.15) is 5.01 Å². The molecule has 0 aliphatic heterocycles. The van der Waals surface area contributed by atoms with Gasteiger partial charge >= 0.3 is 0 Å². The van der Waals surface area contributed by atoms with Crippen molar-refractivity contribution in [2.75, 3.05) is 20.3 Å². The van der Waals surface area contributed by atoms with E-state index in [-0.39, 0.29) is 11.0 Å². The maximum atomic E-state index is 5.22. The van der Waals surface area contributed by atoms with Crippen LogP contribution in [0.25, 0.3) is 0 Å². The molecule has 0 spiro atoms. The predicted octanol–water partition coefficient (Wildman–Crippen LogP) is 3.66. The largest absolute Gasteiger partial charge is 0.383 e. The Morgan fingerprint density at radius 3 is 2.60 bits per heavy atom. The number of aromatic nitrogens is 1. The maximum absolute atomic E-state index is 5.22. The van der Waals surface area contributed by atoms with E-state index in [0.717, 1.165) is 19.6 Å². The number of nitrogens with zero attached hydrogens (tertiary/aromatic N) is 1. The van der Waals surface area contributed by atoms with Crippen molar-refractivity contribution < 1.29 is 4.74 Å². The minimum Gasteiger partial charge on any atom is -0.383 e. The van der Waals surface area contributed by atoms with Crippen LogP contribution in [0.3, 0.4) is 0 Å². The number of nitrogens with one attached hydrogen (secondary N) is 1. The Morgan fingerprint density at radius 1 is 1.35 bits per heavy atom. The van der Waals surface area contributed by atoms with E-state index in [1.807, 2.05) is 11.3 Å². The van der Waals surface area contributed by atoms with Crippen LogP contribution >= 0.6 is 11.3 Å². The maximum Gasteiger partial charge on any atom is 0.114 e. The third kappa shape index (κ3) is 2.66. The van der Waals surface area contributed by atoms with Crippen LogP contribution in [-0.2, 0) is 16.7 Å². The minimum absolute atomic E-state index is 0.0222. The van der Waals surface area contributed by atoms with Gasteiger partial charge in [0.15, 0.2) is 0 Å². The lowest BCUT2D eigenvalue weighted by atomic mass is 9.75. The topological polar surface area (TPSA) is 34.2 Å². The van der Waals surface area contributed by atoms with E-state index in [0.29, 0.717) is 0 Å². The first-order valence-electron chi connectivity index (χ1n) is 7.67. The van der Waals surface area contributed by atoms with Gasteiger partial charge in [0.2, 0.25) is 0 Å². The third-order valence-corrected chi connectivity index (χ3v) is 6.01. The SMILES string of the molecule is CCc1nc(C2(NCCOC)CCCC2(C)C)sc1C. The molecule has 1 saturated carbocycles. The summed E-state index contributed by atoms with van der Waals surface area (Å²) in [5.41, 5.74) is 1.53. The van der Waals surface area contributed by atoms with Gasteiger partial charge in [-0.1, -0.05) is 27.2 Å². The number of methoxy groups -OCH3 is 1. The first-order valence-corrected chi connectivity index (χ1v) is 8.49. The lowest BCUT2D eigenvalue weighted by molar-refractivity contribution is 0.129. The summed E-state index contributed by atoms with van der Waals surface area (Å²) in [6.45, 7) is 10.8. The smallest absolute Gasteiger partial charge is 0.114 e. The van der Waals surface area contributed by atoms with Crippen LogP contribution < -0.4 is 5.32 Å². The fraction of sp³-hybridized carbons (Fsp3) is 0.812. The van der Waals surface area contributed by atoms with Crippen molar-refractivity contribution in [3.05, 3.63) is 15.6 Å². The second-order valence-electron chi connectivity index (χ2n) is 6.44. The number of ether oxygens (including phenoxy) is 1. The van der Waals surface area contributed by atoms with Crippen LogP contribution in [0.5, 0.6) is 0 Å². The number of aryl methyl sites for hydroxylation is 2. The van der Waals surface area contributed by atoms with Crippen LogP contribution in [-0.4, -0.2) is 25.2 Å². The molecule has 1 aromatic heterocycles. The lowest BCUT2D eigenvalue weighted by Crippen LogP contribution is -2.51. The molecule has 0 radical (unpaired) electrons. The Kier molecular flexibility index (Phi) is 4.88. The molecule has 20 heavy (non-hydrogen) atoms. The Morgan fingerprint density at radius 2 is 2.10 bits per heavy atom. The first kappa shape index (κ1) is 15.9. The molecule has 1 unspecified atom stereocenters. The molecule has 0 aromatic carbocycles. The number of hydrogen-bond acceptors (Lipinski definition) is 4. The average Bonchev–Trinajstić information content (AvgIpc) is 2.91. The van der Waals surface area contributed by atoms with Crippen molar-refractivity contribution in [1.82, 2.24) is 10.3 Å². The zero-order valence-corrected chi connectivity index (χ0v) is 14.3. The van der Waals surface area contributed by atoms with Crippen molar-refractivity contribution in [1.29, 1.82) is 0 Å². The van der Waals surface area contributed by atoms with Gasteiger partial charge in [-0.05, 0) is 31.6 Å². The Bertz CT molecular complexity index is 455. The summed E-state index contributed by atoms with van der Waals surface area (Å²) in [6.07, 6.45) is 4.73. The molecule has 1 N–H and O–H groups in total. The summed E-state index contributed by atoms with van der Waals surface area (Å²) < 4.78 is 5.22. The highest BCUT2D eigenvalue weighted by atomic mass is 32.1. The molecule has 2 rings (SSSR count). The first-order chi connectivity index (χ1) is 9.47. The highest BCUT2D eigenvalue weighted by molar-refractivity contribution is 7.11.